The van der Waals surface area contributed by atoms with Gasteiger partial charge in [0.15, 0.2) is 0 Å². The van der Waals surface area contributed by atoms with Crippen LogP contribution in [0.15, 0.2) is 24.3 Å². The third kappa shape index (κ3) is 2.87. The van der Waals surface area contributed by atoms with E-state index < -0.39 is 17.7 Å². The molecule has 0 aromatic heterocycles. The molecule has 1 atom stereocenters. The van der Waals surface area contributed by atoms with Gasteiger partial charge in [-0.3, -0.25) is 4.79 Å². The quantitative estimate of drug-likeness (QED) is 0.431. The van der Waals surface area contributed by atoms with E-state index in [0.717, 1.165) is 0 Å². The highest BCUT2D eigenvalue weighted by Gasteiger charge is 2.20. The number of esters is 1. The molecule has 0 aliphatic carbocycles. The Balaban J connectivity index is 2.87. The normalized spacial score (nSPS) is 11.9. The minimum absolute atomic E-state index is 0.213. The SMILES string of the molecule is CCOC(=O)C(C=O)c1ccc(F)cc1. The summed E-state index contributed by atoms with van der Waals surface area (Å²) in [6.07, 6.45) is 0.491. The van der Waals surface area contributed by atoms with Crippen molar-refractivity contribution >= 4 is 12.3 Å². The first-order chi connectivity index (χ1) is 7.19. The van der Waals surface area contributed by atoms with Crippen LogP contribution in [0.5, 0.6) is 0 Å². The molecule has 3 nitrogen and oxygen atoms in total. The van der Waals surface area contributed by atoms with Crippen molar-refractivity contribution in [3.63, 3.8) is 0 Å². The lowest BCUT2D eigenvalue weighted by Gasteiger charge is -2.09. The van der Waals surface area contributed by atoms with Crippen LogP contribution in [0.3, 0.4) is 0 Å². The number of hydrogen-bond acceptors (Lipinski definition) is 3. The van der Waals surface area contributed by atoms with E-state index in [0.29, 0.717) is 11.8 Å². The van der Waals surface area contributed by atoms with Crippen LogP contribution in [-0.4, -0.2) is 18.9 Å². The Morgan fingerprint density at radius 1 is 1.47 bits per heavy atom. The molecule has 0 fully saturated rings. The molecule has 1 aromatic carbocycles. The van der Waals surface area contributed by atoms with Gasteiger partial charge in [-0.2, -0.15) is 0 Å². The molecule has 0 spiro atoms. The Hall–Kier alpha value is -1.71. The van der Waals surface area contributed by atoms with E-state index in [-0.39, 0.29) is 6.61 Å². The highest BCUT2D eigenvalue weighted by molar-refractivity contribution is 5.94. The number of halogens is 1. The van der Waals surface area contributed by atoms with Gasteiger partial charge in [0.1, 0.15) is 18.0 Å². The molecule has 0 aliphatic heterocycles. The Morgan fingerprint density at radius 2 is 2.07 bits per heavy atom. The van der Waals surface area contributed by atoms with Gasteiger partial charge in [-0.05, 0) is 24.6 Å². The van der Waals surface area contributed by atoms with Gasteiger partial charge in [0.25, 0.3) is 0 Å². The summed E-state index contributed by atoms with van der Waals surface area (Å²) in [5.41, 5.74) is 0.435. The van der Waals surface area contributed by atoms with Crippen LogP contribution < -0.4 is 0 Å². The molecule has 1 unspecified atom stereocenters. The third-order valence-electron chi connectivity index (χ3n) is 1.91. The number of carbonyl (C=O) groups is 2. The molecule has 0 amide bonds. The first-order valence-electron chi connectivity index (χ1n) is 4.56. The lowest BCUT2D eigenvalue weighted by atomic mass is 10.0. The van der Waals surface area contributed by atoms with Crippen LogP contribution in [0.25, 0.3) is 0 Å². The van der Waals surface area contributed by atoms with E-state index in [1.54, 1.807) is 6.92 Å². The molecule has 0 aliphatic rings. The second kappa shape index (κ2) is 5.24. The van der Waals surface area contributed by atoms with Crippen LogP contribution in [-0.2, 0) is 14.3 Å². The first kappa shape index (κ1) is 11.4. The van der Waals surface area contributed by atoms with Gasteiger partial charge in [-0.1, -0.05) is 12.1 Å². The molecular weight excluding hydrogens is 199 g/mol. The van der Waals surface area contributed by atoms with E-state index in [1.165, 1.54) is 24.3 Å². The fourth-order valence-electron chi connectivity index (χ4n) is 1.17. The van der Waals surface area contributed by atoms with Crippen molar-refractivity contribution in [2.24, 2.45) is 0 Å². The number of carbonyl (C=O) groups excluding carboxylic acids is 2. The monoisotopic (exact) mass is 210 g/mol. The van der Waals surface area contributed by atoms with Crippen LogP contribution >= 0.6 is 0 Å². The lowest BCUT2D eigenvalue weighted by molar-refractivity contribution is -0.146. The maximum absolute atomic E-state index is 12.6. The smallest absolute Gasteiger partial charge is 0.320 e. The zero-order valence-corrected chi connectivity index (χ0v) is 8.27. The van der Waals surface area contributed by atoms with Gasteiger partial charge in [0, 0.05) is 0 Å². The summed E-state index contributed by atoms with van der Waals surface area (Å²) in [5.74, 6) is -1.99. The Kier molecular flexibility index (Phi) is 3.97. The third-order valence-corrected chi connectivity index (χ3v) is 1.91. The molecule has 4 heteroatoms. The highest BCUT2D eigenvalue weighted by atomic mass is 19.1. The van der Waals surface area contributed by atoms with Gasteiger partial charge in [0.2, 0.25) is 0 Å². The standard InChI is InChI=1S/C11H11FO3/c1-2-15-11(14)10(7-13)8-3-5-9(12)6-4-8/h3-7,10H,2H2,1H3. The summed E-state index contributed by atoms with van der Waals surface area (Å²) in [7, 11) is 0. The Labute approximate surface area is 86.9 Å². The summed E-state index contributed by atoms with van der Waals surface area (Å²) >= 11 is 0. The molecule has 0 saturated carbocycles. The second-order valence-electron chi connectivity index (χ2n) is 2.92. The first-order valence-corrected chi connectivity index (χ1v) is 4.56. The fraction of sp³-hybridized carbons (Fsp3) is 0.273. The molecule has 1 aromatic rings. The number of ether oxygens (including phenoxy) is 1. The Morgan fingerprint density at radius 3 is 2.53 bits per heavy atom. The number of benzene rings is 1. The zero-order valence-electron chi connectivity index (χ0n) is 8.27. The molecule has 0 N–H and O–H groups in total. The average Bonchev–Trinajstić information content (AvgIpc) is 2.22. The minimum atomic E-state index is -0.967. The van der Waals surface area contributed by atoms with Crippen molar-refractivity contribution in [1.29, 1.82) is 0 Å². The van der Waals surface area contributed by atoms with Crippen molar-refractivity contribution in [3.8, 4) is 0 Å². The molecule has 15 heavy (non-hydrogen) atoms. The maximum atomic E-state index is 12.6. The Bertz CT molecular complexity index is 345. The molecule has 0 bridgehead atoms. The predicted molar refractivity (Wildman–Crippen MR) is 51.8 cm³/mol. The van der Waals surface area contributed by atoms with E-state index in [1.807, 2.05) is 0 Å². The van der Waals surface area contributed by atoms with Crippen molar-refractivity contribution in [1.82, 2.24) is 0 Å². The van der Waals surface area contributed by atoms with Gasteiger partial charge < -0.3 is 9.53 Å². The fourth-order valence-corrected chi connectivity index (χ4v) is 1.17. The van der Waals surface area contributed by atoms with Crippen molar-refractivity contribution in [3.05, 3.63) is 35.6 Å². The predicted octanol–water partition coefficient (Wildman–Crippen LogP) is 1.67. The number of hydrogen-bond donors (Lipinski definition) is 0. The molecule has 80 valence electrons. The lowest BCUT2D eigenvalue weighted by Crippen LogP contribution is -2.17. The van der Waals surface area contributed by atoms with Crippen molar-refractivity contribution < 1.29 is 18.7 Å². The maximum Gasteiger partial charge on any atom is 0.320 e. The molecule has 0 radical (unpaired) electrons. The van der Waals surface area contributed by atoms with Crippen LogP contribution in [0.2, 0.25) is 0 Å². The summed E-state index contributed by atoms with van der Waals surface area (Å²) in [5, 5.41) is 0. The van der Waals surface area contributed by atoms with Gasteiger partial charge >= 0.3 is 5.97 Å². The van der Waals surface area contributed by atoms with Gasteiger partial charge in [-0.25, -0.2) is 4.39 Å². The summed E-state index contributed by atoms with van der Waals surface area (Å²) in [6.45, 7) is 1.87. The van der Waals surface area contributed by atoms with E-state index in [9.17, 15) is 14.0 Å². The summed E-state index contributed by atoms with van der Waals surface area (Å²) in [4.78, 5) is 22.0. The molecule has 1 rings (SSSR count). The zero-order chi connectivity index (χ0) is 11.3. The molecule has 0 saturated heterocycles. The van der Waals surface area contributed by atoms with Crippen molar-refractivity contribution in [2.45, 2.75) is 12.8 Å². The largest absolute Gasteiger partial charge is 0.465 e. The number of aldehydes is 1. The summed E-state index contributed by atoms with van der Waals surface area (Å²) < 4.78 is 17.3. The average molecular weight is 210 g/mol. The van der Waals surface area contributed by atoms with E-state index in [4.69, 9.17) is 4.74 Å². The van der Waals surface area contributed by atoms with E-state index in [2.05, 4.69) is 0 Å². The van der Waals surface area contributed by atoms with Gasteiger partial charge in [0.05, 0.1) is 6.61 Å². The highest BCUT2D eigenvalue weighted by Crippen LogP contribution is 2.15. The second-order valence-corrected chi connectivity index (χ2v) is 2.92. The van der Waals surface area contributed by atoms with Crippen LogP contribution in [0.1, 0.15) is 18.4 Å². The van der Waals surface area contributed by atoms with Gasteiger partial charge in [-0.15, -0.1) is 0 Å². The number of rotatable bonds is 4. The summed E-state index contributed by atoms with van der Waals surface area (Å²) in [6, 6.07) is 5.19. The topological polar surface area (TPSA) is 43.4 Å². The molecular formula is C11H11FO3. The van der Waals surface area contributed by atoms with Crippen molar-refractivity contribution in [2.75, 3.05) is 6.61 Å². The van der Waals surface area contributed by atoms with Crippen LogP contribution in [0.4, 0.5) is 4.39 Å². The van der Waals surface area contributed by atoms with E-state index >= 15 is 0 Å². The minimum Gasteiger partial charge on any atom is -0.465 e. The van der Waals surface area contributed by atoms with Crippen LogP contribution in [0, 0.1) is 5.82 Å². The molecule has 0 heterocycles.